The van der Waals surface area contributed by atoms with Gasteiger partial charge in [-0.2, -0.15) is 0 Å². The number of anilines is 2. The molecule has 0 bridgehead atoms. The van der Waals surface area contributed by atoms with Gasteiger partial charge in [-0.25, -0.2) is 4.99 Å². The molecule has 0 saturated heterocycles. The van der Waals surface area contributed by atoms with Crippen LogP contribution >= 0.6 is 0 Å². The largest absolute Gasteiger partial charge is 0.318 e. The molecule has 2 aromatic heterocycles. The highest BCUT2D eigenvalue weighted by molar-refractivity contribution is 6.16. The van der Waals surface area contributed by atoms with Crippen LogP contribution in [0, 0.1) is 6.92 Å². The lowest BCUT2D eigenvalue weighted by Crippen LogP contribution is -2.38. The number of fused-ring (bicyclic) bond motifs is 5. The maximum atomic E-state index is 5.47. The fraction of sp³-hybridized carbons (Fsp3) is 0.188. The van der Waals surface area contributed by atoms with Gasteiger partial charge in [-0.3, -0.25) is 0 Å². The molecule has 0 spiro atoms. The van der Waals surface area contributed by atoms with Crippen LogP contribution < -0.4 is 15.3 Å². The maximum Gasteiger partial charge on any atom is 0.0778 e. The second-order valence-corrected chi connectivity index (χ2v) is 22.7. The number of aromatic nitrogens is 2. The van der Waals surface area contributed by atoms with Gasteiger partial charge in [0, 0.05) is 77.9 Å². The zero-order valence-electron chi connectivity index (χ0n) is 53.8. The summed E-state index contributed by atoms with van der Waals surface area (Å²) in [4.78, 5) is 10.3. The molecule has 5 aliphatic carbocycles. The van der Waals surface area contributed by atoms with Gasteiger partial charge in [-0.05, 0) is 191 Å². The summed E-state index contributed by atoms with van der Waals surface area (Å²) in [6.45, 7) is 23.9. The fourth-order valence-corrected chi connectivity index (χ4v) is 13.3. The van der Waals surface area contributed by atoms with Crippen molar-refractivity contribution in [2.45, 2.75) is 106 Å². The minimum Gasteiger partial charge on any atom is -0.318 e. The van der Waals surface area contributed by atoms with E-state index >= 15 is 0 Å². The summed E-state index contributed by atoms with van der Waals surface area (Å²) in [5.41, 5.74) is 24.1. The zero-order chi connectivity index (χ0) is 62.5. The number of rotatable bonds is 16. The Bertz CT molecular complexity index is 4540. The van der Waals surface area contributed by atoms with Crippen LogP contribution in [0.4, 0.5) is 17.1 Å². The molecule has 13 rings (SSSR count). The van der Waals surface area contributed by atoms with E-state index in [0.717, 1.165) is 103 Å². The highest BCUT2D eigenvalue weighted by Crippen LogP contribution is 2.40. The van der Waals surface area contributed by atoms with Crippen molar-refractivity contribution >= 4 is 80.3 Å². The van der Waals surface area contributed by atoms with Crippen LogP contribution in [0.5, 0.6) is 0 Å². The quantitative estimate of drug-likeness (QED) is 0.0713. The molecule has 2 heterocycles. The lowest BCUT2D eigenvalue weighted by molar-refractivity contribution is 0.547. The van der Waals surface area contributed by atoms with Gasteiger partial charge in [-0.15, -0.1) is 0 Å². The summed E-state index contributed by atoms with van der Waals surface area (Å²) in [7, 11) is 0. The summed E-state index contributed by atoms with van der Waals surface area (Å²) in [5, 5.41) is 5.16. The van der Waals surface area contributed by atoms with E-state index in [1.54, 1.807) is 0 Å². The second-order valence-electron chi connectivity index (χ2n) is 22.7. The molecule has 0 unspecified atom stereocenters. The van der Waals surface area contributed by atoms with Gasteiger partial charge in [0.2, 0.25) is 0 Å². The molecule has 0 aliphatic heterocycles. The molecule has 0 atom stereocenters. The third-order valence-electron chi connectivity index (χ3n) is 17.4. The predicted octanol–water partition coefficient (Wildman–Crippen LogP) is 21.8. The van der Waals surface area contributed by atoms with Crippen molar-refractivity contribution in [3.8, 4) is 5.69 Å². The number of nitrogens with zero attached hydrogens (tertiary/aromatic N) is 5. The highest BCUT2D eigenvalue weighted by atomic mass is 15.2. The van der Waals surface area contributed by atoms with Gasteiger partial charge < -0.3 is 18.9 Å². The first-order chi connectivity index (χ1) is 44.4. The molecule has 450 valence electrons. The van der Waals surface area contributed by atoms with Crippen LogP contribution in [0.25, 0.3) is 63.2 Å². The van der Waals surface area contributed by atoms with Gasteiger partial charge in [0.1, 0.15) is 0 Å². The Morgan fingerprint density at radius 1 is 0.611 bits per heavy atom. The third kappa shape index (κ3) is 12.4. The smallest absolute Gasteiger partial charge is 0.0778 e. The number of hydrogen-bond donors (Lipinski definition) is 0. The fourth-order valence-electron chi connectivity index (χ4n) is 13.3. The number of hydrogen-bond acceptors (Lipinski definition) is 3. The molecular formula is C85H85N5. The maximum absolute atomic E-state index is 5.47. The van der Waals surface area contributed by atoms with E-state index in [1.807, 2.05) is 27.7 Å². The van der Waals surface area contributed by atoms with E-state index in [9.17, 15) is 0 Å². The first-order valence-corrected chi connectivity index (χ1v) is 32.7. The predicted molar refractivity (Wildman–Crippen MR) is 391 cm³/mol. The van der Waals surface area contributed by atoms with Gasteiger partial charge in [0.05, 0.1) is 33.8 Å². The van der Waals surface area contributed by atoms with Crippen molar-refractivity contribution in [3.63, 3.8) is 0 Å². The van der Waals surface area contributed by atoms with Crippen LogP contribution in [0.2, 0.25) is 0 Å². The van der Waals surface area contributed by atoms with E-state index in [0.29, 0.717) is 0 Å². The Morgan fingerprint density at radius 3 is 2.08 bits per heavy atom. The number of aryl methyl sites for hydroxylation is 2. The van der Waals surface area contributed by atoms with Gasteiger partial charge in [-0.1, -0.05) is 211 Å². The van der Waals surface area contributed by atoms with E-state index in [4.69, 9.17) is 18.2 Å². The van der Waals surface area contributed by atoms with Crippen molar-refractivity contribution in [1.29, 1.82) is 0 Å². The Hall–Kier alpha value is -9.97. The Labute approximate surface area is 534 Å². The lowest BCUT2D eigenvalue weighted by Gasteiger charge is -2.35. The summed E-state index contributed by atoms with van der Waals surface area (Å²) in [6.07, 6.45) is 49.5. The SMILES string of the molecule is C=C(C1=CC=C(N(C2=CCCC=C2)C2=c3cccc(-n4c(/C=C\C)c(/C=C\C)c5ccccc54)c3=CCC2)CC1)C(=Nc1ccccc1C)c1ccc(N(C(=C)/C=C\C=C2/CC=CC=C2n2c3c(c4ccccc42)CCC=C3)c2ccccc2)cc1.CC.CC. The average Bonchev–Trinajstić information content (AvgIpc) is 1.52. The molecule has 0 radical (unpaired) electrons. The summed E-state index contributed by atoms with van der Waals surface area (Å²) >= 11 is 0. The van der Waals surface area contributed by atoms with E-state index < -0.39 is 0 Å². The second kappa shape index (κ2) is 28.9. The third-order valence-corrected chi connectivity index (χ3v) is 17.4. The molecule has 5 heteroatoms. The zero-order valence-corrected chi connectivity index (χ0v) is 53.8. The van der Waals surface area contributed by atoms with Gasteiger partial charge >= 0.3 is 0 Å². The molecule has 8 aromatic rings. The normalized spacial score (nSPS) is 15.8. The van der Waals surface area contributed by atoms with E-state index in [1.165, 1.54) is 94.4 Å². The molecular weight excluding hydrogens is 1090 g/mol. The average molecular weight is 1180 g/mol. The van der Waals surface area contributed by atoms with Crippen LogP contribution in [-0.4, -0.2) is 19.7 Å². The Balaban J connectivity index is 0.00000204. The molecule has 0 saturated carbocycles. The van der Waals surface area contributed by atoms with Crippen LogP contribution in [0.3, 0.4) is 0 Å². The summed E-state index contributed by atoms with van der Waals surface area (Å²) in [5.74, 6) is 0. The minimum absolute atomic E-state index is 0.823. The van der Waals surface area contributed by atoms with Crippen molar-refractivity contribution in [2.75, 3.05) is 4.90 Å². The number of benzene rings is 6. The summed E-state index contributed by atoms with van der Waals surface area (Å²) in [6, 6.07) is 52.3. The van der Waals surface area contributed by atoms with E-state index in [2.05, 4.69) is 295 Å². The molecule has 0 N–H and O–H groups in total. The van der Waals surface area contributed by atoms with Crippen molar-refractivity contribution in [3.05, 3.63) is 322 Å². The number of aliphatic imine (C=N–C) groups is 1. The van der Waals surface area contributed by atoms with Gasteiger partial charge in [0.15, 0.2) is 0 Å². The van der Waals surface area contributed by atoms with Gasteiger partial charge in [0.25, 0.3) is 0 Å². The first-order valence-electron chi connectivity index (χ1n) is 32.7. The van der Waals surface area contributed by atoms with Crippen LogP contribution in [-0.2, 0) is 6.42 Å². The highest BCUT2D eigenvalue weighted by Gasteiger charge is 2.27. The molecule has 5 nitrogen and oxygen atoms in total. The van der Waals surface area contributed by atoms with E-state index in [-0.39, 0.29) is 0 Å². The van der Waals surface area contributed by atoms with Crippen LogP contribution in [0.1, 0.15) is 127 Å². The molecule has 0 amide bonds. The minimum atomic E-state index is 0.823. The van der Waals surface area contributed by atoms with Crippen molar-refractivity contribution < 1.29 is 0 Å². The van der Waals surface area contributed by atoms with Crippen molar-refractivity contribution in [2.24, 2.45) is 4.99 Å². The van der Waals surface area contributed by atoms with Crippen molar-refractivity contribution in [1.82, 2.24) is 14.0 Å². The standard InChI is InChI=1S/C81H73N5.2C2H6/c1-6-27-67-68-37-16-23-46-79(68)86(75(67)28-7-2)80-48-26-40-71-72(80)41-25-47-76(71)84(64-35-12-9-13-36-64)66-53-49-60(50-54-66)59(5)81(82-73-42-19-14-29-57(73)3)62-51-55-65(56-52-62)83(63-33-10-8-11-34-63)58(4)30-24-32-61-31-15-20-43-74(61)85-77-44-21-17-38-69(77)70-39-18-22-45-78(70)85;2*1-2/h6-8,10-12,14-17,19-24,26-30,32-38,40-46,48-49,51-53,55-56H,4-5,9,13,18,25,31,39,47,50,54H2,1-3H3;2*1-2H3/b27-6-,28-7-,30-24-,61-32+,82-81?;;. The topological polar surface area (TPSA) is 28.7 Å². The molecule has 0 fully saturated rings. The van der Waals surface area contributed by atoms with Crippen LogP contribution in [0.15, 0.2) is 283 Å². The lowest BCUT2D eigenvalue weighted by atomic mass is 9.89. The Morgan fingerprint density at radius 2 is 1.33 bits per heavy atom. The molecule has 90 heavy (non-hydrogen) atoms. The molecule has 6 aromatic carbocycles. The molecule has 5 aliphatic rings. The number of para-hydroxylation sites is 4. The number of allylic oxidation sites excluding steroid dienone is 19. The Kier molecular flexibility index (Phi) is 19.8. The first kappa shape index (κ1) is 61.7. The monoisotopic (exact) mass is 1180 g/mol. The summed E-state index contributed by atoms with van der Waals surface area (Å²) < 4.78 is 4.93.